The van der Waals surface area contributed by atoms with Gasteiger partial charge in [0.25, 0.3) is 0 Å². The molecule has 0 atom stereocenters. The molecule has 3 N–H and O–H groups in total. The zero-order chi connectivity index (χ0) is 24.8. The van der Waals surface area contributed by atoms with Gasteiger partial charge in [-0.25, -0.2) is 5.84 Å². The zero-order valence-corrected chi connectivity index (χ0v) is 20.4. The van der Waals surface area contributed by atoms with Crippen LogP contribution in [0.15, 0.2) is 60.8 Å². The maximum atomic E-state index is 12.1. The number of piperidine rings is 1. The molecule has 0 aliphatic carbocycles. The lowest BCUT2D eigenvalue weighted by molar-refractivity contribution is -0.136. The van der Waals surface area contributed by atoms with Gasteiger partial charge >= 0.3 is 0 Å². The van der Waals surface area contributed by atoms with E-state index in [1.54, 1.807) is 7.11 Å². The average Bonchev–Trinajstić information content (AvgIpc) is 2.89. The van der Waals surface area contributed by atoms with Crippen LogP contribution in [0, 0.1) is 12.3 Å². The predicted molar refractivity (Wildman–Crippen MR) is 140 cm³/mol. The van der Waals surface area contributed by atoms with Crippen LogP contribution < -0.4 is 10.9 Å². The van der Waals surface area contributed by atoms with E-state index in [2.05, 4.69) is 42.5 Å². The van der Waals surface area contributed by atoms with Crippen molar-refractivity contribution in [2.45, 2.75) is 32.1 Å². The zero-order valence-electron chi connectivity index (χ0n) is 20.4. The monoisotopic (exact) mass is 471 g/mol. The van der Waals surface area contributed by atoms with E-state index in [9.17, 15) is 4.79 Å². The summed E-state index contributed by atoms with van der Waals surface area (Å²) >= 11 is 0. The third kappa shape index (κ3) is 5.93. The number of nitrogens with two attached hydrogens (primary N) is 1. The summed E-state index contributed by atoms with van der Waals surface area (Å²) in [5.74, 6) is 6.51. The molecule has 35 heavy (non-hydrogen) atoms. The molecule has 0 bridgehead atoms. The fourth-order valence-corrected chi connectivity index (χ4v) is 4.71. The Kier molecular flexibility index (Phi) is 7.90. The van der Waals surface area contributed by atoms with Crippen molar-refractivity contribution in [1.82, 2.24) is 9.88 Å². The summed E-state index contributed by atoms with van der Waals surface area (Å²) in [4.78, 5) is 18.7. The van der Waals surface area contributed by atoms with Crippen molar-refractivity contribution < 1.29 is 9.53 Å². The van der Waals surface area contributed by atoms with Gasteiger partial charge in [-0.3, -0.25) is 20.2 Å². The number of nitrogens with one attached hydrogen (secondary N) is 1. The van der Waals surface area contributed by atoms with Gasteiger partial charge in [-0.2, -0.15) is 0 Å². The van der Waals surface area contributed by atoms with Gasteiger partial charge in [0.05, 0.1) is 5.69 Å². The van der Waals surface area contributed by atoms with Crippen molar-refractivity contribution >= 4 is 17.9 Å². The number of benzene rings is 2. The van der Waals surface area contributed by atoms with Gasteiger partial charge in [-0.1, -0.05) is 42.0 Å². The van der Waals surface area contributed by atoms with E-state index < -0.39 is 0 Å². The topological polar surface area (TPSA) is 95.5 Å². The number of nitrogens with zero attached hydrogens (tertiary/aromatic N) is 3. The molecule has 0 saturated carbocycles. The summed E-state index contributed by atoms with van der Waals surface area (Å²) in [6.45, 7) is 3.75. The number of hydrogen-bond donors (Lipinski definition) is 2. The quantitative estimate of drug-likeness (QED) is 0.221. The highest BCUT2D eigenvalue weighted by Gasteiger charge is 2.23. The number of rotatable bonds is 8. The Hall–Kier alpha value is -3.55. The largest absolute Gasteiger partial charge is 0.375 e. The third-order valence-electron chi connectivity index (χ3n) is 6.63. The molecule has 1 fully saturated rings. The lowest BCUT2D eigenvalue weighted by Gasteiger charge is -2.32. The predicted octanol–water partition coefficient (Wildman–Crippen LogP) is 4.29. The number of amides is 1. The minimum atomic E-state index is 0.0732. The fourth-order valence-electron chi connectivity index (χ4n) is 4.71. The summed E-state index contributed by atoms with van der Waals surface area (Å²) in [7, 11) is 1.56. The number of pyridine rings is 1. The molecule has 0 unspecified atom stereocenters. The molecule has 1 aliphatic heterocycles. The first kappa shape index (κ1) is 24.6. The molecule has 0 radical (unpaired) electrons. The Morgan fingerprint density at radius 2 is 2.00 bits per heavy atom. The second-order valence-electron chi connectivity index (χ2n) is 9.11. The van der Waals surface area contributed by atoms with Gasteiger partial charge in [0.1, 0.15) is 12.9 Å². The highest BCUT2D eigenvalue weighted by atomic mass is 16.5. The molecule has 1 amide bonds. The molecule has 0 spiro atoms. The first-order chi connectivity index (χ1) is 17.0. The third-order valence-corrected chi connectivity index (χ3v) is 6.63. The molecule has 3 aromatic rings. The van der Waals surface area contributed by atoms with E-state index in [1.807, 2.05) is 30.2 Å². The van der Waals surface area contributed by atoms with Gasteiger partial charge < -0.3 is 9.64 Å². The van der Waals surface area contributed by atoms with Crippen LogP contribution in [-0.4, -0.2) is 48.9 Å². The van der Waals surface area contributed by atoms with Crippen LogP contribution in [0.5, 0.6) is 0 Å². The minimum Gasteiger partial charge on any atom is -0.375 e. The van der Waals surface area contributed by atoms with E-state index in [0.29, 0.717) is 5.92 Å². The summed E-state index contributed by atoms with van der Waals surface area (Å²) < 4.78 is 4.99. The molecule has 1 aromatic heterocycles. The molecule has 182 valence electrons. The first-order valence-corrected chi connectivity index (χ1v) is 11.9. The lowest BCUT2D eigenvalue weighted by Crippen LogP contribution is -2.39. The number of anilines is 1. The van der Waals surface area contributed by atoms with Crippen LogP contribution >= 0.6 is 0 Å². The van der Waals surface area contributed by atoms with Crippen molar-refractivity contribution in [2.24, 2.45) is 5.84 Å². The summed E-state index contributed by atoms with van der Waals surface area (Å²) in [5, 5.41) is 8.80. The van der Waals surface area contributed by atoms with Gasteiger partial charge in [-0.15, -0.1) is 0 Å². The Morgan fingerprint density at radius 3 is 2.69 bits per heavy atom. The number of hydrogen-bond acceptors (Lipinski definition) is 5. The second kappa shape index (κ2) is 11.3. The van der Waals surface area contributed by atoms with E-state index in [4.69, 9.17) is 21.0 Å². The van der Waals surface area contributed by atoms with E-state index in [0.717, 1.165) is 66.8 Å². The SMILES string of the molecule is COCC(=O)N1CCC(c2cccc(Cc3ccc(-c4cc(C)ccc4N(N)C=N)cn3)c2)CC1. The average molecular weight is 472 g/mol. The summed E-state index contributed by atoms with van der Waals surface area (Å²) in [5.41, 5.74) is 7.36. The van der Waals surface area contributed by atoms with E-state index in [-0.39, 0.29) is 12.5 Å². The fraction of sp³-hybridized carbons (Fsp3) is 0.321. The molecule has 7 nitrogen and oxygen atoms in total. The highest BCUT2D eigenvalue weighted by molar-refractivity contribution is 5.87. The first-order valence-electron chi connectivity index (χ1n) is 11.9. The molecular formula is C28H33N5O2. The number of carbonyl (C=O) groups excluding carboxylic acids is 1. The van der Waals surface area contributed by atoms with Crippen LogP contribution in [-0.2, 0) is 16.0 Å². The number of aryl methyl sites for hydroxylation is 1. The Balaban J connectivity index is 1.44. The van der Waals surface area contributed by atoms with Crippen LogP contribution in [0.3, 0.4) is 0 Å². The van der Waals surface area contributed by atoms with Gasteiger partial charge in [-0.05, 0) is 55.0 Å². The number of aromatic nitrogens is 1. The van der Waals surface area contributed by atoms with Crippen molar-refractivity contribution in [1.29, 1.82) is 5.41 Å². The van der Waals surface area contributed by atoms with Gasteiger partial charge in [0.15, 0.2) is 0 Å². The summed E-state index contributed by atoms with van der Waals surface area (Å²) in [6.07, 6.45) is 5.67. The molecule has 7 heteroatoms. The van der Waals surface area contributed by atoms with Crippen LogP contribution in [0.2, 0.25) is 0 Å². The molecule has 1 saturated heterocycles. The highest BCUT2D eigenvalue weighted by Crippen LogP contribution is 2.31. The number of methoxy groups -OCH3 is 1. The standard InChI is InChI=1S/C28H33N5O2/c1-20-6-9-27(33(30)19-29)26(14-20)24-7-8-25(31-17-24)16-21-4-3-5-23(15-21)22-10-12-32(13-11-22)28(34)18-35-2/h3-9,14-15,17,19,22,29H,10-13,16,18,30H2,1-2H3. The molecule has 1 aliphatic rings. The van der Waals surface area contributed by atoms with Crippen molar-refractivity contribution in [2.75, 3.05) is 31.8 Å². The maximum absolute atomic E-state index is 12.1. The lowest BCUT2D eigenvalue weighted by atomic mass is 9.88. The van der Waals surface area contributed by atoms with Crippen molar-refractivity contribution in [3.8, 4) is 11.1 Å². The smallest absolute Gasteiger partial charge is 0.248 e. The number of carbonyl (C=O) groups is 1. The van der Waals surface area contributed by atoms with Gasteiger partial charge in [0, 0.05) is 49.6 Å². The molecular weight excluding hydrogens is 438 g/mol. The summed E-state index contributed by atoms with van der Waals surface area (Å²) in [6, 6.07) is 18.8. The molecule has 2 aromatic carbocycles. The van der Waals surface area contributed by atoms with E-state index >= 15 is 0 Å². The number of hydrazine groups is 1. The normalized spacial score (nSPS) is 14.1. The Morgan fingerprint density at radius 1 is 1.20 bits per heavy atom. The Bertz CT molecular complexity index is 1170. The second-order valence-corrected chi connectivity index (χ2v) is 9.11. The molecule has 4 rings (SSSR count). The number of ether oxygens (including phenoxy) is 1. The van der Waals surface area contributed by atoms with Crippen LogP contribution in [0.1, 0.15) is 41.1 Å². The minimum absolute atomic E-state index is 0.0732. The molecule has 2 heterocycles. The van der Waals surface area contributed by atoms with Gasteiger partial charge in [0.2, 0.25) is 5.91 Å². The Labute approximate surface area is 207 Å². The maximum Gasteiger partial charge on any atom is 0.248 e. The van der Waals surface area contributed by atoms with Crippen molar-refractivity contribution in [3.05, 3.63) is 83.2 Å². The van der Waals surface area contributed by atoms with Crippen LogP contribution in [0.4, 0.5) is 5.69 Å². The van der Waals surface area contributed by atoms with Crippen LogP contribution in [0.25, 0.3) is 11.1 Å². The van der Waals surface area contributed by atoms with Crippen molar-refractivity contribution in [3.63, 3.8) is 0 Å². The van der Waals surface area contributed by atoms with E-state index in [1.165, 1.54) is 16.1 Å². The number of likely N-dealkylation sites (tertiary alicyclic amines) is 1.